The van der Waals surface area contributed by atoms with Crippen molar-refractivity contribution in [3.05, 3.63) is 17.0 Å². The van der Waals surface area contributed by atoms with E-state index in [9.17, 15) is 23.4 Å². The molecule has 120 valence electrons. The predicted molar refractivity (Wildman–Crippen MR) is 74.7 cm³/mol. The van der Waals surface area contributed by atoms with Gasteiger partial charge in [-0.05, 0) is 20.3 Å². The minimum atomic E-state index is -4.09. The summed E-state index contributed by atoms with van der Waals surface area (Å²) in [5.41, 5.74) is -1.34. The maximum Gasteiger partial charge on any atom is 0.352 e. The largest absolute Gasteiger partial charge is 0.477 e. The van der Waals surface area contributed by atoms with Crippen LogP contribution in [0.2, 0.25) is 0 Å². The van der Waals surface area contributed by atoms with Gasteiger partial charge < -0.3 is 20.3 Å². The summed E-state index contributed by atoms with van der Waals surface area (Å²) in [5.74, 6) is -1.26. The van der Waals surface area contributed by atoms with E-state index in [1.54, 1.807) is 6.92 Å². The van der Waals surface area contributed by atoms with Crippen LogP contribution < -0.4 is 4.72 Å². The Kier molecular flexibility index (Phi) is 5.16. The zero-order valence-electron chi connectivity index (χ0n) is 12.1. The molecular formula is C12H20N2O6S. The van der Waals surface area contributed by atoms with Gasteiger partial charge in [-0.2, -0.15) is 0 Å². The maximum absolute atomic E-state index is 12.5. The van der Waals surface area contributed by atoms with E-state index in [-0.39, 0.29) is 28.3 Å². The molecule has 0 fully saturated rings. The SMILES string of the molecule is CCC(CO)(CO)NS(=O)(=O)c1c(C)[nH]c(C(=O)O)c1C. The predicted octanol–water partition coefficient (Wildman–Crippen LogP) is -0.259. The Morgan fingerprint density at radius 2 is 1.81 bits per heavy atom. The van der Waals surface area contributed by atoms with Gasteiger partial charge in [-0.3, -0.25) is 0 Å². The van der Waals surface area contributed by atoms with Crippen LogP contribution in [0.1, 0.15) is 35.1 Å². The number of H-pyrrole nitrogens is 1. The molecule has 5 N–H and O–H groups in total. The molecule has 9 heteroatoms. The second-order valence-corrected chi connectivity index (χ2v) is 6.56. The fraction of sp³-hybridized carbons (Fsp3) is 0.583. The van der Waals surface area contributed by atoms with E-state index in [1.165, 1.54) is 13.8 Å². The van der Waals surface area contributed by atoms with Crippen LogP contribution in [0.25, 0.3) is 0 Å². The number of aliphatic hydroxyl groups is 2. The summed E-state index contributed by atoms with van der Waals surface area (Å²) in [4.78, 5) is 13.4. The Morgan fingerprint density at radius 1 is 1.29 bits per heavy atom. The molecule has 1 rings (SSSR count). The van der Waals surface area contributed by atoms with Crippen LogP contribution in [0.3, 0.4) is 0 Å². The number of aliphatic hydroxyl groups excluding tert-OH is 2. The Hall–Kier alpha value is -1.42. The fourth-order valence-corrected chi connectivity index (χ4v) is 4.00. The molecule has 1 aromatic rings. The highest BCUT2D eigenvalue weighted by atomic mass is 32.2. The highest BCUT2D eigenvalue weighted by molar-refractivity contribution is 7.89. The molecule has 1 aromatic heterocycles. The zero-order chi connectivity index (χ0) is 16.4. The van der Waals surface area contributed by atoms with Crippen molar-refractivity contribution in [2.24, 2.45) is 0 Å². The Morgan fingerprint density at radius 3 is 2.14 bits per heavy atom. The van der Waals surface area contributed by atoms with E-state index in [0.717, 1.165) is 0 Å². The second kappa shape index (κ2) is 6.14. The molecule has 21 heavy (non-hydrogen) atoms. The molecule has 0 aromatic carbocycles. The molecule has 0 aliphatic heterocycles. The molecule has 8 nitrogen and oxygen atoms in total. The number of nitrogens with one attached hydrogen (secondary N) is 2. The number of carboxylic acid groups (broad SMARTS) is 1. The molecule has 0 unspecified atom stereocenters. The molecule has 0 bridgehead atoms. The van der Waals surface area contributed by atoms with Crippen molar-refractivity contribution in [1.82, 2.24) is 9.71 Å². The average molecular weight is 320 g/mol. The van der Waals surface area contributed by atoms with Crippen molar-refractivity contribution in [3.8, 4) is 0 Å². The highest BCUT2D eigenvalue weighted by Gasteiger charge is 2.35. The molecule has 0 radical (unpaired) electrons. The third-order valence-electron chi connectivity index (χ3n) is 3.48. The third-order valence-corrected chi connectivity index (χ3v) is 5.34. The number of aromatic carboxylic acids is 1. The van der Waals surface area contributed by atoms with Crippen LogP contribution in [-0.4, -0.2) is 53.4 Å². The minimum absolute atomic E-state index is 0.0772. The Balaban J connectivity index is 3.36. The summed E-state index contributed by atoms with van der Waals surface area (Å²) in [6.07, 6.45) is 0.174. The van der Waals surface area contributed by atoms with E-state index in [1.807, 2.05) is 0 Å². The molecule has 0 saturated carbocycles. The maximum atomic E-state index is 12.5. The molecule has 0 spiro atoms. The Bertz CT molecular complexity index is 622. The standard InChI is InChI=1S/C12H20N2O6S/c1-4-12(5-15,6-16)14-21(19,20)10-7(2)9(11(17)18)13-8(10)3/h13-16H,4-6H2,1-3H3,(H,17,18). The summed E-state index contributed by atoms with van der Waals surface area (Å²) < 4.78 is 27.2. The van der Waals surface area contributed by atoms with Gasteiger partial charge >= 0.3 is 5.97 Å². The van der Waals surface area contributed by atoms with Crippen molar-refractivity contribution in [2.45, 2.75) is 37.6 Å². The lowest BCUT2D eigenvalue weighted by atomic mass is 10.0. The number of aromatic nitrogens is 1. The Labute approximate surface area is 122 Å². The number of rotatable bonds is 7. The van der Waals surface area contributed by atoms with E-state index in [4.69, 9.17) is 5.11 Å². The van der Waals surface area contributed by atoms with Gasteiger partial charge in [-0.1, -0.05) is 6.92 Å². The second-order valence-electron chi connectivity index (χ2n) is 4.94. The first-order valence-corrected chi connectivity index (χ1v) is 7.80. The van der Waals surface area contributed by atoms with Crippen molar-refractivity contribution in [3.63, 3.8) is 0 Å². The number of hydrogen-bond acceptors (Lipinski definition) is 5. The van der Waals surface area contributed by atoms with Crippen LogP contribution in [0, 0.1) is 13.8 Å². The number of sulfonamides is 1. The summed E-state index contributed by atoms with van der Waals surface area (Å²) in [6.45, 7) is 3.29. The lowest BCUT2D eigenvalue weighted by Crippen LogP contribution is -2.53. The highest BCUT2D eigenvalue weighted by Crippen LogP contribution is 2.25. The van der Waals surface area contributed by atoms with Gasteiger partial charge in [0.2, 0.25) is 10.0 Å². The molecule has 0 atom stereocenters. The van der Waals surface area contributed by atoms with Gasteiger partial charge in [-0.25, -0.2) is 17.9 Å². The van der Waals surface area contributed by atoms with E-state index >= 15 is 0 Å². The van der Waals surface area contributed by atoms with Gasteiger partial charge in [0.1, 0.15) is 10.6 Å². The van der Waals surface area contributed by atoms with Crippen molar-refractivity contribution >= 4 is 16.0 Å². The van der Waals surface area contributed by atoms with Crippen LogP contribution in [-0.2, 0) is 10.0 Å². The van der Waals surface area contributed by atoms with Gasteiger partial charge in [0.25, 0.3) is 0 Å². The first-order chi connectivity index (χ1) is 9.64. The molecule has 0 aliphatic rings. The normalized spacial score (nSPS) is 12.6. The van der Waals surface area contributed by atoms with Gasteiger partial charge in [0.05, 0.1) is 18.8 Å². The molecule has 0 amide bonds. The van der Waals surface area contributed by atoms with E-state index in [0.29, 0.717) is 0 Å². The number of hydrogen-bond donors (Lipinski definition) is 5. The molecule has 1 heterocycles. The van der Waals surface area contributed by atoms with Gasteiger partial charge in [0.15, 0.2) is 0 Å². The number of aromatic amines is 1. The fourth-order valence-electron chi connectivity index (χ4n) is 2.10. The molecule has 0 saturated heterocycles. The zero-order valence-corrected chi connectivity index (χ0v) is 12.9. The lowest BCUT2D eigenvalue weighted by Gasteiger charge is -2.29. The smallest absolute Gasteiger partial charge is 0.352 e. The van der Waals surface area contributed by atoms with Gasteiger partial charge in [0, 0.05) is 11.3 Å². The van der Waals surface area contributed by atoms with Crippen molar-refractivity contribution < 1.29 is 28.5 Å². The number of carboxylic acids is 1. The first kappa shape index (κ1) is 17.6. The van der Waals surface area contributed by atoms with E-state index < -0.39 is 34.7 Å². The quantitative estimate of drug-likeness (QED) is 0.469. The first-order valence-electron chi connectivity index (χ1n) is 6.32. The topological polar surface area (TPSA) is 140 Å². The number of carbonyl (C=O) groups is 1. The van der Waals surface area contributed by atoms with Crippen LogP contribution in [0.4, 0.5) is 0 Å². The summed E-state index contributed by atoms with van der Waals surface area (Å²) in [5, 5.41) is 27.7. The van der Waals surface area contributed by atoms with E-state index in [2.05, 4.69) is 9.71 Å². The minimum Gasteiger partial charge on any atom is -0.477 e. The van der Waals surface area contributed by atoms with Crippen LogP contribution in [0.15, 0.2) is 4.90 Å². The summed E-state index contributed by atoms with van der Waals surface area (Å²) >= 11 is 0. The summed E-state index contributed by atoms with van der Waals surface area (Å²) in [6, 6.07) is 0. The molecular weight excluding hydrogens is 300 g/mol. The average Bonchev–Trinajstić information content (AvgIpc) is 2.72. The van der Waals surface area contributed by atoms with Crippen LogP contribution in [0.5, 0.6) is 0 Å². The monoisotopic (exact) mass is 320 g/mol. The van der Waals surface area contributed by atoms with Crippen molar-refractivity contribution in [2.75, 3.05) is 13.2 Å². The third kappa shape index (κ3) is 3.26. The van der Waals surface area contributed by atoms with Crippen molar-refractivity contribution in [1.29, 1.82) is 0 Å². The summed E-state index contributed by atoms with van der Waals surface area (Å²) in [7, 11) is -4.09. The van der Waals surface area contributed by atoms with Gasteiger partial charge in [-0.15, -0.1) is 0 Å². The van der Waals surface area contributed by atoms with Crippen LogP contribution >= 0.6 is 0 Å². The molecule has 0 aliphatic carbocycles. The lowest BCUT2D eigenvalue weighted by molar-refractivity contribution is 0.0690. The number of aryl methyl sites for hydroxylation is 1.